The molecular formula is C11H20. The summed E-state index contributed by atoms with van der Waals surface area (Å²) >= 11 is 0. The fourth-order valence-electron chi connectivity index (χ4n) is 0. The number of hydrogen-bond donors (Lipinski definition) is 0. The zero-order chi connectivity index (χ0) is 9.86. The third-order valence-electron chi connectivity index (χ3n) is 0.577. The van der Waals surface area contributed by atoms with Crippen molar-refractivity contribution in [1.82, 2.24) is 0 Å². The maximum atomic E-state index is 4.00. The van der Waals surface area contributed by atoms with E-state index in [0.29, 0.717) is 0 Å². The van der Waals surface area contributed by atoms with E-state index in [1.165, 1.54) is 11.1 Å². The van der Waals surface area contributed by atoms with E-state index >= 15 is 0 Å². The van der Waals surface area contributed by atoms with E-state index in [0.717, 1.165) is 0 Å². The maximum Gasteiger partial charge on any atom is -0.0442 e. The van der Waals surface area contributed by atoms with Crippen LogP contribution in [0.4, 0.5) is 0 Å². The van der Waals surface area contributed by atoms with Crippen molar-refractivity contribution in [1.29, 1.82) is 0 Å². The second-order valence-electron chi connectivity index (χ2n) is 2.57. The minimum Gasteiger partial charge on any atom is -0.124 e. The van der Waals surface area contributed by atoms with Crippen LogP contribution in [0.15, 0.2) is 23.8 Å². The van der Waals surface area contributed by atoms with E-state index in [4.69, 9.17) is 0 Å². The molecule has 11 heavy (non-hydrogen) atoms. The third-order valence-corrected chi connectivity index (χ3v) is 0.577. The zero-order valence-corrected chi connectivity index (χ0v) is 8.44. The van der Waals surface area contributed by atoms with E-state index in [1.807, 2.05) is 20.8 Å². The highest BCUT2D eigenvalue weighted by molar-refractivity contribution is 4.88. The van der Waals surface area contributed by atoms with Gasteiger partial charge in [-0.3, -0.25) is 0 Å². The van der Waals surface area contributed by atoms with Crippen LogP contribution < -0.4 is 0 Å². The van der Waals surface area contributed by atoms with Gasteiger partial charge < -0.3 is 0 Å². The molecule has 0 spiro atoms. The highest BCUT2D eigenvalue weighted by Gasteiger charge is 1.60. The first-order valence-electron chi connectivity index (χ1n) is 3.55. The summed E-state index contributed by atoms with van der Waals surface area (Å²) in [4.78, 5) is 0. The molecule has 0 aliphatic carbocycles. The quantitative estimate of drug-likeness (QED) is 0.366. The smallest absolute Gasteiger partial charge is 0.0442 e. The Kier molecular flexibility index (Phi) is 24.1. The van der Waals surface area contributed by atoms with E-state index in [2.05, 4.69) is 39.3 Å². The molecule has 0 aromatic carbocycles. The maximum absolute atomic E-state index is 4.00. The van der Waals surface area contributed by atoms with Crippen LogP contribution in [0.3, 0.4) is 0 Å². The second-order valence-corrected chi connectivity index (χ2v) is 2.57. The zero-order valence-electron chi connectivity index (χ0n) is 8.44. The monoisotopic (exact) mass is 152 g/mol. The normalized spacial score (nSPS) is 5.73. The Bertz CT molecular complexity index is 116. The summed E-state index contributed by atoms with van der Waals surface area (Å²) in [6, 6.07) is 0. The van der Waals surface area contributed by atoms with Gasteiger partial charge in [-0.2, -0.15) is 0 Å². The highest BCUT2D eigenvalue weighted by atomic mass is 13.7. The average molecular weight is 152 g/mol. The van der Waals surface area contributed by atoms with Crippen molar-refractivity contribution >= 4 is 0 Å². The van der Waals surface area contributed by atoms with Gasteiger partial charge in [0.2, 0.25) is 0 Å². The molecule has 0 bridgehead atoms. The van der Waals surface area contributed by atoms with Crippen molar-refractivity contribution in [2.45, 2.75) is 34.6 Å². The van der Waals surface area contributed by atoms with Gasteiger partial charge in [-0.15, -0.1) is 19.4 Å². The lowest BCUT2D eigenvalue weighted by Crippen LogP contribution is -1.52. The molecule has 0 unspecified atom stereocenters. The van der Waals surface area contributed by atoms with Crippen molar-refractivity contribution < 1.29 is 0 Å². The Morgan fingerprint density at radius 2 is 1.18 bits per heavy atom. The van der Waals surface area contributed by atoms with Gasteiger partial charge >= 0.3 is 0 Å². The number of terminal acetylenes is 1. The van der Waals surface area contributed by atoms with E-state index in [1.54, 1.807) is 0 Å². The van der Waals surface area contributed by atoms with Crippen LogP contribution in [0.5, 0.6) is 0 Å². The summed E-state index contributed by atoms with van der Waals surface area (Å²) < 4.78 is 0. The van der Waals surface area contributed by atoms with Crippen molar-refractivity contribution in [2.24, 2.45) is 0 Å². The van der Waals surface area contributed by atoms with Gasteiger partial charge in [0.05, 0.1) is 0 Å². The van der Waals surface area contributed by atoms with Gasteiger partial charge in [-0.1, -0.05) is 17.2 Å². The molecule has 0 aromatic heterocycles. The molecular weight excluding hydrogens is 132 g/mol. The van der Waals surface area contributed by atoms with Crippen molar-refractivity contribution in [3.63, 3.8) is 0 Å². The Hall–Kier alpha value is -0.960. The van der Waals surface area contributed by atoms with E-state index in [-0.39, 0.29) is 0 Å². The Balaban J connectivity index is -0.0000000965. The molecule has 0 fully saturated rings. The molecule has 0 atom stereocenters. The van der Waals surface area contributed by atoms with E-state index < -0.39 is 0 Å². The van der Waals surface area contributed by atoms with Crippen LogP contribution in [0.25, 0.3) is 0 Å². The summed E-state index contributed by atoms with van der Waals surface area (Å²) in [5.74, 6) is 0. The van der Waals surface area contributed by atoms with E-state index in [9.17, 15) is 0 Å². The van der Waals surface area contributed by atoms with Gasteiger partial charge in [0, 0.05) is 0 Å². The lowest BCUT2D eigenvalue weighted by atomic mass is 10.3. The van der Waals surface area contributed by atoms with Gasteiger partial charge in [-0.05, 0) is 34.6 Å². The van der Waals surface area contributed by atoms with Crippen LogP contribution in [0.1, 0.15) is 34.6 Å². The van der Waals surface area contributed by atoms with Crippen molar-refractivity contribution in [3.8, 4) is 12.8 Å². The summed E-state index contributed by atoms with van der Waals surface area (Å²) in [7, 11) is 0. The minimum absolute atomic E-state index is 1.17. The average Bonchev–Trinajstić information content (AvgIpc) is 1.91. The van der Waals surface area contributed by atoms with Gasteiger partial charge in [0.25, 0.3) is 0 Å². The molecule has 0 saturated carbocycles. The summed E-state index contributed by atoms with van der Waals surface area (Å²) in [5, 5.41) is 0. The Labute approximate surface area is 72.0 Å². The molecule has 0 nitrogen and oxygen atoms in total. The van der Waals surface area contributed by atoms with Gasteiger partial charge in [0.1, 0.15) is 0 Å². The Morgan fingerprint density at radius 1 is 1.09 bits per heavy atom. The van der Waals surface area contributed by atoms with Crippen LogP contribution in [-0.2, 0) is 0 Å². The largest absolute Gasteiger partial charge is 0.124 e. The first kappa shape index (κ1) is 16.6. The predicted octanol–water partition coefficient (Wildman–Crippen LogP) is 3.80. The molecule has 0 heteroatoms. The third kappa shape index (κ3) is 414. The Morgan fingerprint density at radius 3 is 1.18 bits per heavy atom. The first-order chi connectivity index (χ1) is 5.00. The lowest BCUT2D eigenvalue weighted by Gasteiger charge is -1.74. The van der Waals surface area contributed by atoms with Gasteiger partial charge in [0.15, 0.2) is 0 Å². The molecule has 0 N–H and O–H groups in total. The molecule has 0 saturated heterocycles. The molecule has 0 heterocycles. The fourth-order valence-corrected chi connectivity index (χ4v) is 0. The summed E-state index contributed by atoms with van der Waals surface area (Å²) in [5.41, 5.74) is 2.55. The topological polar surface area (TPSA) is 0 Å². The second kappa shape index (κ2) is 16.0. The lowest BCUT2D eigenvalue weighted by molar-refractivity contribution is 1.36. The molecule has 64 valence electrons. The predicted molar refractivity (Wildman–Crippen MR) is 55.5 cm³/mol. The highest BCUT2D eigenvalue weighted by Crippen LogP contribution is 1.82. The van der Waals surface area contributed by atoms with Gasteiger partial charge in [-0.25, -0.2) is 0 Å². The SMILES string of the molecule is C#C.C=C(C)C.CC=C(C)C. The van der Waals surface area contributed by atoms with Crippen LogP contribution in [-0.4, -0.2) is 0 Å². The summed E-state index contributed by atoms with van der Waals surface area (Å²) in [6.07, 6.45) is 10.1. The minimum atomic E-state index is 1.17. The molecule has 0 radical (unpaired) electrons. The van der Waals surface area contributed by atoms with Crippen molar-refractivity contribution in [3.05, 3.63) is 23.8 Å². The molecule has 0 rings (SSSR count). The molecule has 0 aliphatic heterocycles. The molecule has 0 aliphatic rings. The molecule has 0 amide bonds. The number of allylic oxidation sites excluding steroid dienone is 3. The first-order valence-corrected chi connectivity index (χ1v) is 3.55. The fraction of sp³-hybridized carbons (Fsp3) is 0.455. The number of hydrogen-bond acceptors (Lipinski definition) is 0. The van der Waals surface area contributed by atoms with Crippen LogP contribution in [0, 0.1) is 12.8 Å². The van der Waals surface area contributed by atoms with Crippen LogP contribution >= 0.6 is 0 Å². The summed E-state index contributed by atoms with van der Waals surface area (Å²) in [6.45, 7) is 13.7. The standard InChI is InChI=1S/C5H10.C4H8.C2H2/c1-4-5(2)3;1-4(2)3;1-2/h4H,1-3H3;1H2,2-3H3;1-2H. The number of rotatable bonds is 0. The molecule has 0 aromatic rings. The van der Waals surface area contributed by atoms with Crippen LogP contribution in [0.2, 0.25) is 0 Å². The van der Waals surface area contributed by atoms with Crippen molar-refractivity contribution in [2.75, 3.05) is 0 Å².